The van der Waals surface area contributed by atoms with Crippen molar-refractivity contribution in [2.24, 2.45) is 5.41 Å². The molecular weight excluding hydrogens is 264 g/mol. The average molecular weight is 279 g/mol. The fraction of sp³-hybridized carbons (Fsp3) is 0.500. The number of halogens is 1. The third-order valence-corrected chi connectivity index (χ3v) is 4.94. The van der Waals surface area contributed by atoms with Crippen LogP contribution in [0, 0.1) is 5.41 Å². The zero-order chi connectivity index (χ0) is 11.2. The molecule has 0 unspecified atom stereocenters. The van der Waals surface area contributed by atoms with Crippen LogP contribution in [0.3, 0.4) is 0 Å². The van der Waals surface area contributed by atoms with Crippen LogP contribution in [-0.2, 0) is 17.6 Å². The zero-order valence-corrected chi connectivity index (χ0v) is 10.8. The van der Waals surface area contributed by atoms with E-state index in [1.807, 2.05) is 0 Å². The van der Waals surface area contributed by atoms with Crippen molar-refractivity contribution in [1.82, 2.24) is 0 Å². The summed E-state index contributed by atoms with van der Waals surface area (Å²) in [4.78, 5) is 11.3. The number of hydrogen-bond donors (Lipinski definition) is 0. The van der Waals surface area contributed by atoms with E-state index >= 15 is 0 Å². The summed E-state index contributed by atoms with van der Waals surface area (Å²) in [5.41, 5.74) is 3.38. The summed E-state index contributed by atoms with van der Waals surface area (Å²) in [7, 11) is 0. The average Bonchev–Trinajstić information content (AvgIpc) is 2.63. The van der Waals surface area contributed by atoms with Crippen molar-refractivity contribution in [2.75, 3.05) is 0 Å². The van der Waals surface area contributed by atoms with Crippen molar-refractivity contribution in [1.29, 1.82) is 0 Å². The van der Waals surface area contributed by atoms with Crippen molar-refractivity contribution >= 4 is 21.7 Å². The first-order chi connectivity index (χ1) is 7.69. The Balaban J connectivity index is 1.90. The Morgan fingerprint density at radius 1 is 1.12 bits per heavy atom. The van der Waals surface area contributed by atoms with Crippen LogP contribution in [0.25, 0.3) is 0 Å². The molecule has 0 saturated heterocycles. The minimum atomic E-state index is 0.403. The van der Waals surface area contributed by atoms with E-state index in [1.54, 1.807) is 0 Å². The Labute approximate surface area is 104 Å². The van der Waals surface area contributed by atoms with E-state index in [-0.39, 0.29) is 0 Å². The van der Waals surface area contributed by atoms with Gasteiger partial charge in [0.05, 0.1) is 0 Å². The van der Waals surface area contributed by atoms with Gasteiger partial charge >= 0.3 is 0 Å². The van der Waals surface area contributed by atoms with Crippen LogP contribution in [0.5, 0.6) is 0 Å². The lowest BCUT2D eigenvalue weighted by Crippen LogP contribution is -2.28. The molecule has 0 aliphatic heterocycles. The maximum Gasteiger partial charge on any atom is 0.132 e. The number of carbonyl (C=O) groups excluding carboxylic acids is 1. The fourth-order valence-corrected chi connectivity index (χ4v) is 3.77. The van der Waals surface area contributed by atoms with E-state index in [1.165, 1.54) is 22.0 Å². The Morgan fingerprint density at radius 3 is 2.56 bits per heavy atom. The first-order valence-electron chi connectivity index (χ1n) is 5.97. The van der Waals surface area contributed by atoms with Gasteiger partial charge < -0.3 is 0 Å². The lowest BCUT2D eigenvalue weighted by atomic mass is 9.72. The third kappa shape index (κ3) is 1.64. The van der Waals surface area contributed by atoms with Gasteiger partial charge in [-0.15, -0.1) is 0 Å². The summed E-state index contributed by atoms with van der Waals surface area (Å²) >= 11 is 3.64. The van der Waals surface area contributed by atoms with E-state index in [4.69, 9.17) is 0 Å². The Bertz CT molecular complexity index is 440. The van der Waals surface area contributed by atoms with Crippen LogP contribution in [-0.4, -0.2) is 5.78 Å². The van der Waals surface area contributed by atoms with Gasteiger partial charge in [0, 0.05) is 17.3 Å². The largest absolute Gasteiger partial charge is 0.300 e. The minimum absolute atomic E-state index is 0.403. The van der Waals surface area contributed by atoms with Crippen molar-refractivity contribution in [3.63, 3.8) is 0 Å². The highest BCUT2D eigenvalue weighted by Gasteiger charge is 2.40. The summed E-state index contributed by atoms with van der Waals surface area (Å²) in [5.74, 6) is 0.459. The molecule has 1 spiro atoms. The number of rotatable bonds is 0. The van der Waals surface area contributed by atoms with Crippen LogP contribution >= 0.6 is 15.9 Å². The van der Waals surface area contributed by atoms with Crippen molar-refractivity contribution < 1.29 is 4.79 Å². The number of Topliss-reactive ketones (excluding diaryl/α,β-unsaturated/α-hetero) is 1. The van der Waals surface area contributed by atoms with Gasteiger partial charge in [-0.05, 0) is 48.3 Å². The standard InChI is InChI=1S/C14H15BrO/c15-13-3-1-2-10-8-14(9-12(10)13)6-4-11(16)5-7-14/h1-3H,4-9H2. The minimum Gasteiger partial charge on any atom is -0.300 e. The molecule has 16 heavy (non-hydrogen) atoms. The molecule has 1 nitrogen and oxygen atoms in total. The molecule has 0 radical (unpaired) electrons. The highest BCUT2D eigenvalue weighted by Crippen LogP contribution is 2.48. The van der Waals surface area contributed by atoms with Gasteiger partial charge in [0.1, 0.15) is 5.78 Å². The van der Waals surface area contributed by atoms with Gasteiger partial charge in [-0.3, -0.25) is 4.79 Å². The van der Waals surface area contributed by atoms with Gasteiger partial charge in [-0.1, -0.05) is 28.1 Å². The lowest BCUT2D eigenvalue weighted by Gasteiger charge is -2.32. The van der Waals surface area contributed by atoms with Crippen LogP contribution in [0.15, 0.2) is 22.7 Å². The summed E-state index contributed by atoms with van der Waals surface area (Å²) in [6, 6.07) is 6.49. The molecule has 1 aromatic rings. The van der Waals surface area contributed by atoms with Crippen molar-refractivity contribution in [3.05, 3.63) is 33.8 Å². The molecule has 0 amide bonds. The predicted molar refractivity (Wildman–Crippen MR) is 67.5 cm³/mol. The number of hydrogen-bond acceptors (Lipinski definition) is 1. The maximum atomic E-state index is 11.3. The maximum absolute atomic E-state index is 11.3. The third-order valence-electron chi connectivity index (χ3n) is 4.20. The normalized spacial score (nSPS) is 22.4. The second kappa shape index (κ2) is 3.69. The molecule has 84 valence electrons. The summed E-state index contributed by atoms with van der Waals surface area (Å²) in [6.07, 6.45) is 6.11. The van der Waals surface area contributed by atoms with Gasteiger partial charge in [-0.25, -0.2) is 0 Å². The molecule has 2 heteroatoms. The number of ketones is 1. The van der Waals surface area contributed by atoms with E-state index in [9.17, 15) is 4.79 Å². The molecule has 3 rings (SSSR count). The Hall–Kier alpha value is -0.630. The van der Waals surface area contributed by atoms with Gasteiger partial charge in [0.25, 0.3) is 0 Å². The number of fused-ring (bicyclic) bond motifs is 1. The molecule has 1 fully saturated rings. The first kappa shape index (κ1) is 10.5. The molecule has 0 atom stereocenters. The molecule has 1 saturated carbocycles. The Morgan fingerprint density at radius 2 is 1.88 bits per heavy atom. The monoisotopic (exact) mass is 278 g/mol. The number of benzene rings is 1. The van der Waals surface area contributed by atoms with E-state index in [0.29, 0.717) is 11.2 Å². The molecular formula is C14H15BrO. The first-order valence-corrected chi connectivity index (χ1v) is 6.76. The number of carbonyl (C=O) groups is 1. The van der Waals surface area contributed by atoms with Crippen LogP contribution in [0.4, 0.5) is 0 Å². The highest BCUT2D eigenvalue weighted by atomic mass is 79.9. The van der Waals surface area contributed by atoms with Gasteiger partial charge in [-0.2, -0.15) is 0 Å². The van der Waals surface area contributed by atoms with Crippen LogP contribution in [0.1, 0.15) is 36.8 Å². The summed E-state index contributed by atoms with van der Waals surface area (Å²) in [6.45, 7) is 0. The predicted octanol–water partition coefficient (Wildman–Crippen LogP) is 3.68. The highest BCUT2D eigenvalue weighted by molar-refractivity contribution is 9.10. The van der Waals surface area contributed by atoms with Crippen LogP contribution < -0.4 is 0 Å². The molecule has 2 aliphatic carbocycles. The van der Waals surface area contributed by atoms with Crippen molar-refractivity contribution in [3.8, 4) is 0 Å². The quantitative estimate of drug-likeness (QED) is 0.708. The summed E-state index contributed by atoms with van der Waals surface area (Å²) in [5, 5.41) is 0. The lowest BCUT2D eigenvalue weighted by molar-refractivity contribution is -0.122. The molecule has 0 bridgehead atoms. The zero-order valence-electron chi connectivity index (χ0n) is 9.26. The van der Waals surface area contributed by atoms with E-state index < -0.39 is 0 Å². The van der Waals surface area contributed by atoms with Gasteiger partial charge in [0.2, 0.25) is 0 Å². The van der Waals surface area contributed by atoms with Gasteiger partial charge in [0.15, 0.2) is 0 Å². The van der Waals surface area contributed by atoms with Crippen molar-refractivity contribution in [2.45, 2.75) is 38.5 Å². The molecule has 1 aromatic carbocycles. The summed E-state index contributed by atoms with van der Waals surface area (Å²) < 4.78 is 1.25. The van der Waals surface area contributed by atoms with E-state index in [2.05, 4.69) is 34.1 Å². The Kier molecular flexibility index (Phi) is 2.43. The molecule has 0 heterocycles. The molecule has 0 aromatic heterocycles. The topological polar surface area (TPSA) is 17.1 Å². The fourth-order valence-electron chi connectivity index (χ4n) is 3.22. The second-order valence-electron chi connectivity index (χ2n) is 5.27. The smallest absolute Gasteiger partial charge is 0.132 e. The molecule has 2 aliphatic rings. The SMILES string of the molecule is O=C1CCC2(CC1)Cc1cccc(Br)c1C2. The van der Waals surface area contributed by atoms with E-state index in [0.717, 1.165) is 32.1 Å². The van der Waals surface area contributed by atoms with Crippen LogP contribution in [0.2, 0.25) is 0 Å². The second-order valence-corrected chi connectivity index (χ2v) is 6.12. The molecule has 0 N–H and O–H groups in total.